The van der Waals surface area contributed by atoms with Crippen LogP contribution in [-0.2, 0) is 5.41 Å². The van der Waals surface area contributed by atoms with Crippen LogP contribution in [0.4, 0.5) is 16.2 Å². The number of nitrogens with zero attached hydrogens (tertiary/aromatic N) is 1. The zero-order chi connectivity index (χ0) is 20.1. The maximum atomic E-state index is 12.3. The molecule has 0 atom stereocenters. The maximum absolute atomic E-state index is 12.3. The Balaban J connectivity index is 1.79. The Morgan fingerprint density at radius 2 is 1.68 bits per heavy atom. The number of para-hydroxylation sites is 1. The van der Waals surface area contributed by atoms with Gasteiger partial charge < -0.3 is 20.5 Å². The van der Waals surface area contributed by atoms with E-state index in [1.807, 2.05) is 24.3 Å². The summed E-state index contributed by atoms with van der Waals surface area (Å²) in [5.74, 6) is 1.13. The molecule has 3 rings (SSSR count). The van der Waals surface area contributed by atoms with Crippen molar-refractivity contribution in [3.8, 4) is 17.4 Å². The number of anilines is 2. The van der Waals surface area contributed by atoms with Crippen LogP contribution in [0.1, 0.15) is 26.3 Å². The van der Waals surface area contributed by atoms with Crippen molar-refractivity contribution in [2.24, 2.45) is 0 Å². The summed E-state index contributed by atoms with van der Waals surface area (Å²) in [5, 5.41) is 14.8. The molecule has 0 aliphatic heterocycles. The lowest BCUT2D eigenvalue weighted by Gasteiger charge is -2.22. The van der Waals surface area contributed by atoms with Crippen LogP contribution in [0.3, 0.4) is 0 Å². The molecule has 0 spiro atoms. The molecule has 0 saturated heterocycles. The predicted molar refractivity (Wildman–Crippen MR) is 110 cm³/mol. The van der Waals surface area contributed by atoms with E-state index in [-0.39, 0.29) is 11.2 Å². The highest BCUT2D eigenvalue weighted by Crippen LogP contribution is 2.35. The number of phenols is 1. The van der Waals surface area contributed by atoms with Crippen LogP contribution in [-0.4, -0.2) is 16.1 Å². The number of rotatable bonds is 4. The van der Waals surface area contributed by atoms with Crippen molar-refractivity contribution in [3.63, 3.8) is 0 Å². The highest BCUT2D eigenvalue weighted by atomic mass is 16.5. The van der Waals surface area contributed by atoms with E-state index in [0.29, 0.717) is 23.0 Å². The zero-order valence-corrected chi connectivity index (χ0v) is 16.1. The first-order chi connectivity index (χ1) is 13.3. The summed E-state index contributed by atoms with van der Waals surface area (Å²) in [6.07, 6.45) is 1.61. The molecular weight excluding hydrogens is 354 g/mol. The first-order valence-electron chi connectivity index (χ1n) is 8.92. The summed E-state index contributed by atoms with van der Waals surface area (Å²) in [7, 11) is 0. The lowest BCUT2D eigenvalue weighted by Crippen LogP contribution is -2.20. The number of nitrogens with one attached hydrogen (secondary N) is 2. The fourth-order valence-corrected chi connectivity index (χ4v) is 2.68. The van der Waals surface area contributed by atoms with Gasteiger partial charge in [-0.1, -0.05) is 39.0 Å². The average molecular weight is 377 g/mol. The average Bonchev–Trinajstić information content (AvgIpc) is 2.65. The fraction of sp³-hybridized carbons (Fsp3) is 0.182. The lowest BCUT2D eigenvalue weighted by atomic mass is 9.86. The minimum absolute atomic E-state index is 0.102. The van der Waals surface area contributed by atoms with Crippen LogP contribution >= 0.6 is 0 Å². The van der Waals surface area contributed by atoms with Crippen LogP contribution in [0.2, 0.25) is 0 Å². The molecule has 6 nitrogen and oxygen atoms in total. The molecule has 0 unspecified atom stereocenters. The SMILES string of the molecule is CC(C)(C)c1ccccc1Oc1ncccc1NC(=O)Nc1ccc(O)cc1. The van der Waals surface area contributed by atoms with E-state index in [0.717, 1.165) is 5.56 Å². The van der Waals surface area contributed by atoms with Crippen molar-refractivity contribution < 1.29 is 14.6 Å². The number of hydrogen-bond acceptors (Lipinski definition) is 4. The van der Waals surface area contributed by atoms with Gasteiger partial charge in [-0.05, 0) is 47.9 Å². The minimum Gasteiger partial charge on any atom is -0.508 e. The molecule has 0 fully saturated rings. The third-order valence-electron chi connectivity index (χ3n) is 4.05. The van der Waals surface area contributed by atoms with E-state index in [1.165, 1.54) is 12.1 Å². The minimum atomic E-state index is -0.437. The molecule has 0 saturated carbocycles. The summed E-state index contributed by atoms with van der Waals surface area (Å²) in [4.78, 5) is 16.6. The van der Waals surface area contributed by atoms with Gasteiger partial charge in [-0.25, -0.2) is 9.78 Å². The van der Waals surface area contributed by atoms with Gasteiger partial charge in [0.15, 0.2) is 0 Å². The zero-order valence-electron chi connectivity index (χ0n) is 16.1. The Morgan fingerprint density at radius 1 is 0.964 bits per heavy atom. The summed E-state index contributed by atoms with van der Waals surface area (Å²) >= 11 is 0. The first kappa shape index (κ1) is 19.2. The number of aromatic hydroxyl groups is 1. The molecule has 1 heterocycles. The summed E-state index contributed by atoms with van der Waals surface area (Å²) in [5.41, 5.74) is 1.94. The van der Waals surface area contributed by atoms with Crippen molar-refractivity contribution in [2.75, 3.05) is 10.6 Å². The monoisotopic (exact) mass is 377 g/mol. The molecule has 3 N–H and O–H groups in total. The normalized spacial score (nSPS) is 11.0. The van der Waals surface area contributed by atoms with Gasteiger partial charge in [0.2, 0.25) is 5.88 Å². The summed E-state index contributed by atoms with van der Waals surface area (Å²) in [6.45, 7) is 6.33. The molecule has 2 aromatic carbocycles. The Hall–Kier alpha value is -3.54. The Morgan fingerprint density at radius 3 is 2.39 bits per heavy atom. The third kappa shape index (κ3) is 4.79. The van der Waals surface area contributed by atoms with E-state index in [1.54, 1.807) is 30.5 Å². The summed E-state index contributed by atoms with van der Waals surface area (Å²) < 4.78 is 6.05. The molecule has 3 aromatic rings. The second-order valence-corrected chi connectivity index (χ2v) is 7.33. The van der Waals surface area contributed by atoms with Gasteiger partial charge in [-0.15, -0.1) is 0 Å². The Labute approximate surface area is 164 Å². The largest absolute Gasteiger partial charge is 0.508 e. The molecular formula is C22H23N3O3. The van der Waals surface area contributed by atoms with Crippen LogP contribution in [0.15, 0.2) is 66.9 Å². The van der Waals surface area contributed by atoms with Gasteiger partial charge in [0.1, 0.15) is 17.2 Å². The quantitative estimate of drug-likeness (QED) is 0.523. The number of hydrogen-bond donors (Lipinski definition) is 3. The molecule has 0 aliphatic carbocycles. The number of benzene rings is 2. The first-order valence-corrected chi connectivity index (χ1v) is 8.92. The third-order valence-corrected chi connectivity index (χ3v) is 4.05. The van der Waals surface area contributed by atoms with Gasteiger partial charge in [0.25, 0.3) is 0 Å². The molecule has 144 valence electrons. The lowest BCUT2D eigenvalue weighted by molar-refractivity contribution is 0.262. The molecule has 0 radical (unpaired) electrons. The second-order valence-electron chi connectivity index (χ2n) is 7.33. The summed E-state index contributed by atoms with van der Waals surface area (Å²) in [6, 6.07) is 17.0. The second kappa shape index (κ2) is 8.00. The van der Waals surface area contributed by atoms with Crippen LogP contribution in [0, 0.1) is 0 Å². The standard InChI is InChI=1S/C22H23N3O3/c1-22(2,3)17-7-4-5-9-19(17)28-20-18(8-6-14-23-20)25-21(27)24-15-10-12-16(26)13-11-15/h4-14,26H,1-3H3,(H2,24,25,27). The van der Waals surface area contributed by atoms with Gasteiger partial charge in [-0.2, -0.15) is 0 Å². The van der Waals surface area contributed by atoms with Crippen LogP contribution in [0.5, 0.6) is 17.4 Å². The number of pyridine rings is 1. The van der Waals surface area contributed by atoms with Crippen LogP contribution in [0.25, 0.3) is 0 Å². The molecule has 0 bridgehead atoms. The number of carbonyl (C=O) groups is 1. The van der Waals surface area contributed by atoms with E-state index >= 15 is 0 Å². The number of urea groups is 1. The number of aromatic nitrogens is 1. The Bertz CT molecular complexity index is 963. The number of carbonyl (C=O) groups excluding carboxylic acids is 1. The topological polar surface area (TPSA) is 83.5 Å². The van der Waals surface area contributed by atoms with E-state index in [2.05, 4.69) is 36.4 Å². The Kier molecular flexibility index (Phi) is 5.49. The van der Waals surface area contributed by atoms with E-state index < -0.39 is 6.03 Å². The van der Waals surface area contributed by atoms with Crippen molar-refractivity contribution in [3.05, 3.63) is 72.4 Å². The molecule has 0 aliphatic rings. The smallest absolute Gasteiger partial charge is 0.323 e. The predicted octanol–water partition coefficient (Wildman–Crippen LogP) is 5.52. The molecule has 1 aromatic heterocycles. The van der Waals surface area contributed by atoms with Crippen molar-refractivity contribution in [1.82, 2.24) is 4.98 Å². The highest BCUT2D eigenvalue weighted by Gasteiger charge is 2.20. The van der Waals surface area contributed by atoms with Gasteiger partial charge in [0.05, 0.1) is 0 Å². The van der Waals surface area contributed by atoms with Crippen molar-refractivity contribution >= 4 is 17.4 Å². The number of ether oxygens (including phenoxy) is 1. The van der Waals surface area contributed by atoms with Crippen molar-refractivity contribution in [1.29, 1.82) is 0 Å². The van der Waals surface area contributed by atoms with Gasteiger partial charge in [0, 0.05) is 17.4 Å². The number of phenolic OH excluding ortho intramolecular Hbond substituents is 1. The molecule has 6 heteroatoms. The van der Waals surface area contributed by atoms with Gasteiger partial charge in [-0.3, -0.25) is 0 Å². The fourth-order valence-electron chi connectivity index (χ4n) is 2.68. The molecule has 2 amide bonds. The maximum Gasteiger partial charge on any atom is 0.323 e. The molecule has 28 heavy (non-hydrogen) atoms. The van der Waals surface area contributed by atoms with Crippen LogP contribution < -0.4 is 15.4 Å². The van der Waals surface area contributed by atoms with Crippen molar-refractivity contribution in [2.45, 2.75) is 26.2 Å². The van der Waals surface area contributed by atoms with Gasteiger partial charge >= 0.3 is 6.03 Å². The van der Waals surface area contributed by atoms with E-state index in [9.17, 15) is 9.90 Å². The highest BCUT2D eigenvalue weighted by molar-refractivity contribution is 6.00. The van der Waals surface area contributed by atoms with E-state index in [4.69, 9.17) is 4.74 Å². The number of amides is 2.